The molecule has 0 bridgehead atoms. The van der Waals surface area contributed by atoms with Crippen molar-refractivity contribution < 1.29 is 14.6 Å². The zero-order chi connectivity index (χ0) is 14.5. The Hall–Kier alpha value is -1.55. The van der Waals surface area contributed by atoms with Crippen molar-refractivity contribution in [3.05, 3.63) is 29.8 Å². The number of benzene rings is 1. The highest BCUT2D eigenvalue weighted by atomic mass is 16.5. The molecule has 1 atom stereocenters. The van der Waals surface area contributed by atoms with Crippen molar-refractivity contribution in [3.63, 3.8) is 0 Å². The van der Waals surface area contributed by atoms with E-state index in [1.165, 1.54) is 5.56 Å². The second-order valence-electron chi connectivity index (χ2n) is 5.64. The minimum Gasteiger partial charge on any atom is -0.492 e. The molecule has 1 aromatic carbocycles. The molecule has 0 saturated carbocycles. The van der Waals surface area contributed by atoms with Crippen LogP contribution in [0.25, 0.3) is 0 Å². The van der Waals surface area contributed by atoms with Gasteiger partial charge < -0.3 is 15.2 Å². The van der Waals surface area contributed by atoms with Gasteiger partial charge in [-0.05, 0) is 30.0 Å². The number of aliphatic carboxylic acids is 1. The average Bonchev–Trinajstić information content (AvgIpc) is 2.33. The number of rotatable bonds is 6. The largest absolute Gasteiger partial charge is 0.492 e. The van der Waals surface area contributed by atoms with Crippen LogP contribution in [0.1, 0.15) is 33.3 Å². The number of nitrogens with one attached hydrogen (secondary N) is 1. The Morgan fingerprint density at radius 3 is 2.37 bits per heavy atom. The Bertz CT molecular complexity index is 406. The standard InChI is InChI=1S/C15H23NO3/c1-11(14(17)18)16-9-10-19-13-7-5-12(6-8-13)15(2,3)4/h5-8,11,16H,9-10H2,1-4H3,(H,17,18)/t11-/m0/s1. The van der Waals surface area contributed by atoms with Crippen molar-refractivity contribution in [2.24, 2.45) is 0 Å². The molecule has 2 N–H and O–H groups in total. The molecule has 0 radical (unpaired) electrons. The Balaban J connectivity index is 2.37. The summed E-state index contributed by atoms with van der Waals surface area (Å²) in [4.78, 5) is 10.6. The van der Waals surface area contributed by atoms with E-state index in [0.717, 1.165) is 5.75 Å². The van der Waals surface area contributed by atoms with Crippen LogP contribution in [0.3, 0.4) is 0 Å². The van der Waals surface area contributed by atoms with Crippen molar-refractivity contribution in [1.82, 2.24) is 5.32 Å². The number of ether oxygens (including phenoxy) is 1. The Morgan fingerprint density at radius 2 is 1.89 bits per heavy atom. The fraction of sp³-hybridized carbons (Fsp3) is 0.533. The summed E-state index contributed by atoms with van der Waals surface area (Å²) in [6, 6.07) is 7.46. The zero-order valence-corrected chi connectivity index (χ0v) is 12.1. The summed E-state index contributed by atoms with van der Waals surface area (Å²) in [5.74, 6) is -0.0488. The van der Waals surface area contributed by atoms with Gasteiger partial charge in [-0.1, -0.05) is 32.9 Å². The third-order valence-electron chi connectivity index (χ3n) is 2.91. The molecular formula is C15H23NO3. The molecule has 19 heavy (non-hydrogen) atoms. The van der Waals surface area contributed by atoms with Gasteiger partial charge in [0.2, 0.25) is 0 Å². The van der Waals surface area contributed by atoms with E-state index in [1.807, 2.05) is 12.1 Å². The van der Waals surface area contributed by atoms with Gasteiger partial charge in [0.25, 0.3) is 0 Å². The molecule has 0 unspecified atom stereocenters. The van der Waals surface area contributed by atoms with Crippen molar-refractivity contribution in [2.45, 2.75) is 39.2 Å². The van der Waals surface area contributed by atoms with Gasteiger partial charge in [0.05, 0.1) is 0 Å². The first-order valence-electron chi connectivity index (χ1n) is 6.50. The van der Waals surface area contributed by atoms with Crippen LogP contribution in [0.4, 0.5) is 0 Å². The second kappa shape index (κ2) is 6.57. The van der Waals surface area contributed by atoms with Crippen LogP contribution < -0.4 is 10.1 Å². The highest BCUT2D eigenvalue weighted by Gasteiger charge is 2.13. The van der Waals surface area contributed by atoms with E-state index < -0.39 is 12.0 Å². The maximum Gasteiger partial charge on any atom is 0.320 e. The van der Waals surface area contributed by atoms with Crippen molar-refractivity contribution >= 4 is 5.97 Å². The molecule has 1 rings (SSSR count). The number of hydrogen-bond donors (Lipinski definition) is 2. The van der Waals surface area contributed by atoms with Crippen LogP contribution >= 0.6 is 0 Å². The quantitative estimate of drug-likeness (QED) is 0.776. The van der Waals surface area contributed by atoms with Crippen LogP contribution in [0.15, 0.2) is 24.3 Å². The monoisotopic (exact) mass is 265 g/mol. The molecule has 0 amide bonds. The molecule has 4 heteroatoms. The van der Waals surface area contributed by atoms with Crippen LogP contribution in [0.5, 0.6) is 5.75 Å². The van der Waals surface area contributed by atoms with Crippen molar-refractivity contribution in [3.8, 4) is 5.75 Å². The Kier molecular flexibility index (Phi) is 5.36. The lowest BCUT2D eigenvalue weighted by atomic mass is 9.87. The van der Waals surface area contributed by atoms with Crippen LogP contribution in [-0.2, 0) is 10.2 Å². The van der Waals surface area contributed by atoms with E-state index in [2.05, 4.69) is 38.2 Å². The summed E-state index contributed by atoms with van der Waals surface area (Å²) in [7, 11) is 0. The number of carboxylic acids is 1. The maximum absolute atomic E-state index is 10.6. The minimum atomic E-state index is -0.852. The van der Waals surface area contributed by atoms with E-state index in [1.54, 1.807) is 6.92 Å². The van der Waals surface area contributed by atoms with Crippen molar-refractivity contribution in [2.75, 3.05) is 13.2 Å². The highest BCUT2D eigenvalue weighted by molar-refractivity contribution is 5.72. The van der Waals surface area contributed by atoms with Crippen LogP contribution in [0, 0.1) is 0 Å². The number of carboxylic acid groups (broad SMARTS) is 1. The first-order valence-corrected chi connectivity index (χ1v) is 6.50. The fourth-order valence-corrected chi connectivity index (χ4v) is 1.58. The molecule has 0 aromatic heterocycles. The van der Waals surface area contributed by atoms with E-state index in [4.69, 9.17) is 9.84 Å². The molecule has 0 aliphatic heterocycles. The van der Waals surface area contributed by atoms with E-state index in [-0.39, 0.29) is 5.41 Å². The van der Waals surface area contributed by atoms with Gasteiger partial charge in [0.15, 0.2) is 0 Å². The summed E-state index contributed by atoms with van der Waals surface area (Å²) < 4.78 is 5.55. The molecule has 4 nitrogen and oxygen atoms in total. The van der Waals surface area contributed by atoms with Gasteiger partial charge in [0, 0.05) is 6.54 Å². The highest BCUT2D eigenvalue weighted by Crippen LogP contribution is 2.24. The van der Waals surface area contributed by atoms with Crippen molar-refractivity contribution in [1.29, 1.82) is 0 Å². The molecule has 0 heterocycles. The topological polar surface area (TPSA) is 58.6 Å². The normalized spacial score (nSPS) is 13.1. The third kappa shape index (κ3) is 5.30. The Morgan fingerprint density at radius 1 is 1.32 bits per heavy atom. The summed E-state index contributed by atoms with van der Waals surface area (Å²) in [6.45, 7) is 9.07. The molecule has 0 saturated heterocycles. The average molecular weight is 265 g/mol. The predicted octanol–water partition coefficient (Wildman–Crippen LogP) is 2.43. The third-order valence-corrected chi connectivity index (χ3v) is 2.91. The summed E-state index contributed by atoms with van der Waals surface area (Å²) in [6.07, 6.45) is 0. The van der Waals surface area contributed by atoms with E-state index in [0.29, 0.717) is 13.2 Å². The molecule has 0 fully saturated rings. The van der Waals surface area contributed by atoms with Gasteiger partial charge in [-0.2, -0.15) is 0 Å². The second-order valence-corrected chi connectivity index (χ2v) is 5.64. The van der Waals surface area contributed by atoms with Crippen LogP contribution in [0.2, 0.25) is 0 Å². The predicted molar refractivity (Wildman–Crippen MR) is 75.7 cm³/mol. The number of hydrogen-bond acceptors (Lipinski definition) is 3. The van der Waals surface area contributed by atoms with Crippen LogP contribution in [-0.4, -0.2) is 30.3 Å². The molecule has 1 aromatic rings. The van der Waals surface area contributed by atoms with Gasteiger partial charge in [-0.3, -0.25) is 4.79 Å². The summed E-state index contributed by atoms with van der Waals surface area (Å²) in [5.41, 5.74) is 1.40. The zero-order valence-electron chi connectivity index (χ0n) is 12.1. The fourth-order valence-electron chi connectivity index (χ4n) is 1.58. The Labute approximate surface area is 114 Å². The van der Waals surface area contributed by atoms with E-state index >= 15 is 0 Å². The molecule has 0 spiro atoms. The minimum absolute atomic E-state index is 0.136. The van der Waals surface area contributed by atoms with Gasteiger partial charge in [0.1, 0.15) is 18.4 Å². The smallest absolute Gasteiger partial charge is 0.320 e. The first-order chi connectivity index (χ1) is 8.80. The van der Waals surface area contributed by atoms with Gasteiger partial charge in [-0.15, -0.1) is 0 Å². The van der Waals surface area contributed by atoms with Gasteiger partial charge >= 0.3 is 5.97 Å². The maximum atomic E-state index is 10.6. The first kappa shape index (κ1) is 15.5. The lowest BCUT2D eigenvalue weighted by Crippen LogP contribution is -2.36. The summed E-state index contributed by atoms with van der Waals surface area (Å²) in [5, 5.41) is 11.6. The molecular weight excluding hydrogens is 242 g/mol. The lowest BCUT2D eigenvalue weighted by molar-refractivity contribution is -0.139. The lowest BCUT2D eigenvalue weighted by Gasteiger charge is -2.19. The summed E-state index contributed by atoms with van der Waals surface area (Å²) >= 11 is 0. The molecule has 106 valence electrons. The molecule has 0 aliphatic carbocycles. The number of carbonyl (C=O) groups is 1. The van der Waals surface area contributed by atoms with E-state index in [9.17, 15) is 4.79 Å². The molecule has 0 aliphatic rings. The SMILES string of the molecule is C[C@H](NCCOc1ccc(C(C)(C)C)cc1)C(=O)O. The van der Waals surface area contributed by atoms with Gasteiger partial charge in [-0.25, -0.2) is 0 Å².